The molecule has 0 saturated heterocycles. The van der Waals surface area contributed by atoms with Crippen LogP contribution in [-0.4, -0.2) is 25.1 Å². The van der Waals surface area contributed by atoms with Gasteiger partial charge in [-0.3, -0.25) is 4.79 Å². The van der Waals surface area contributed by atoms with Crippen LogP contribution in [0.2, 0.25) is 0 Å². The summed E-state index contributed by atoms with van der Waals surface area (Å²) in [4.78, 5) is 25.2. The standard InChI is InChI=1S/C23H22BrNO4S/c1-4-15-8-10-16(11-9-15)19-13-30-22(20(19)23(27)28-3)25-21(26)14(2)29-18-7-5-6-17(24)12-18/h5-14H,4H2,1-3H3,(H,25,26). The van der Waals surface area contributed by atoms with Gasteiger partial charge in [0, 0.05) is 15.4 Å². The molecule has 1 unspecified atom stereocenters. The molecule has 1 aromatic heterocycles. The number of thiophene rings is 1. The molecule has 3 aromatic rings. The van der Waals surface area contributed by atoms with Crippen LogP contribution >= 0.6 is 27.3 Å². The summed E-state index contributed by atoms with van der Waals surface area (Å²) >= 11 is 4.66. The zero-order chi connectivity index (χ0) is 21.7. The van der Waals surface area contributed by atoms with Crippen molar-refractivity contribution in [1.82, 2.24) is 0 Å². The lowest BCUT2D eigenvalue weighted by Gasteiger charge is -2.15. The first kappa shape index (κ1) is 22.1. The van der Waals surface area contributed by atoms with E-state index in [-0.39, 0.29) is 5.91 Å². The zero-order valence-corrected chi connectivity index (χ0v) is 19.3. The summed E-state index contributed by atoms with van der Waals surface area (Å²) in [7, 11) is 1.33. The minimum atomic E-state index is -0.751. The van der Waals surface area contributed by atoms with Gasteiger partial charge in [0.15, 0.2) is 6.10 Å². The van der Waals surface area contributed by atoms with Crippen molar-refractivity contribution in [1.29, 1.82) is 0 Å². The number of anilines is 1. The van der Waals surface area contributed by atoms with Crippen molar-refractivity contribution in [3.63, 3.8) is 0 Å². The topological polar surface area (TPSA) is 64.6 Å². The van der Waals surface area contributed by atoms with Crippen molar-refractivity contribution in [2.75, 3.05) is 12.4 Å². The summed E-state index contributed by atoms with van der Waals surface area (Å²) < 4.78 is 11.6. The van der Waals surface area contributed by atoms with Crippen LogP contribution in [0, 0.1) is 0 Å². The summed E-state index contributed by atoms with van der Waals surface area (Å²) in [6.07, 6.45) is 0.185. The third-order valence-electron chi connectivity index (χ3n) is 4.57. The van der Waals surface area contributed by atoms with Crippen molar-refractivity contribution in [2.24, 2.45) is 0 Å². The summed E-state index contributed by atoms with van der Waals surface area (Å²) in [5, 5.41) is 5.10. The molecule has 0 aliphatic carbocycles. The van der Waals surface area contributed by atoms with Crippen LogP contribution in [0.5, 0.6) is 5.75 Å². The molecule has 0 saturated carbocycles. The van der Waals surface area contributed by atoms with Crippen LogP contribution in [0.1, 0.15) is 29.8 Å². The van der Waals surface area contributed by atoms with Gasteiger partial charge in [-0.2, -0.15) is 0 Å². The van der Waals surface area contributed by atoms with E-state index < -0.39 is 12.1 Å². The maximum Gasteiger partial charge on any atom is 0.341 e. The molecule has 30 heavy (non-hydrogen) atoms. The average molecular weight is 488 g/mol. The highest BCUT2D eigenvalue weighted by atomic mass is 79.9. The van der Waals surface area contributed by atoms with Gasteiger partial charge >= 0.3 is 5.97 Å². The number of carbonyl (C=O) groups is 2. The molecular weight excluding hydrogens is 466 g/mol. The highest BCUT2D eigenvalue weighted by molar-refractivity contribution is 9.10. The van der Waals surface area contributed by atoms with Crippen LogP contribution < -0.4 is 10.1 Å². The van der Waals surface area contributed by atoms with Gasteiger partial charge in [-0.1, -0.05) is 53.2 Å². The quantitative estimate of drug-likeness (QED) is 0.419. The normalized spacial score (nSPS) is 11.6. The molecule has 1 atom stereocenters. The fourth-order valence-electron chi connectivity index (χ4n) is 2.90. The van der Waals surface area contributed by atoms with Crippen molar-refractivity contribution >= 4 is 44.1 Å². The van der Waals surface area contributed by atoms with E-state index in [1.807, 2.05) is 41.8 Å². The lowest BCUT2D eigenvalue weighted by atomic mass is 10.0. The van der Waals surface area contributed by atoms with Gasteiger partial charge in [0.1, 0.15) is 16.3 Å². The van der Waals surface area contributed by atoms with Crippen LogP contribution in [0.3, 0.4) is 0 Å². The average Bonchev–Trinajstić information content (AvgIpc) is 3.16. The Morgan fingerprint density at radius 3 is 2.53 bits per heavy atom. The maximum atomic E-state index is 12.7. The Morgan fingerprint density at radius 1 is 1.17 bits per heavy atom. The number of nitrogens with one attached hydrogen (secondary N) is 1. The largest absolute Gasteiger partial charge is 0.481 e. The number of amides is 1. The molecule has 0 spiro atoms. The van der Waals surface area contributed by atoms with Gasteiger partial charge in [-0.05, 0) is 42.7 Å². The van der Waals surface area contributed by atoms with Crippen molar-refractivity contribution in [2.45, 2.75) is 26.4 Å². The van der Waals surface area contributed by atoms with E-state index in [1.54, 1.807) is 19.1 Å². The summed E-state index contributed by atoms with van der Waals surface area (Å²) in [5.41, 5.74) is 3.17. The fraction of sp³-hybridized carbons (Fsp3) is 0.217. The van der Waals surface area contributed by atoms with Crippen molar-refractivity contribution in [3.8, 4) is 16.9 Å². The van der Waals surface area contributed by atoms with Crippen molar-refractivity contribution in [3.05, 3.63) is 69.5 Å². The third-order valence-corrected chi connectivity index (χ3v) is 5.96. The van der Waals surface area contributed by atoms with E-state index in [9.17, 15) is 9.59 Å². The lowest BCUT2D eigenvalue weighted by Crippen LogP contribution is -2.30. The molecule has 0 aliphatic heterocycles. The second-order valence-corrected chi connectivity index (χ2v) is 8.40. The minimum absolute atomic E-state index is 0.342. The number of benzene rings is 2. The Bertz CT molecular complexity index is 1050. The minimum Gasteiger partial charge on any atom is -0.481 e. The number of methoxy groups -OCH3 is 1. The highest BCUT2D eigenvalue weighted by Gasteiger charge is 2.24. The molecule has 7 heteroatoms. The number of ether oxygens (including phenoxy) is 2. The molecule has 1 heterocycles. The number of halogens is 1. The van der Waals surface area contributed by atoms with Gasteiger partial charge in [-0.25, -0.2) is 4.79 Å². The number of carbonyl (C=O) groups excluding carboxylic acids is 2. The molecule has 3 rings (SSSR count). The Labute approximate surface area is 188 Å². The Hall–Kier alpha value is -2.64. The van der Waals surface area contributed by atoms with Gasteiger partial charge in [0.05, 0.1) is 7.11 Å². The number of esters is 1. The third kappa shape index (κ3) is 5.09. The SMILES string of the molecule is CCc1ccc(-c2csc(NC(=O)C(C)Oc3cccc(Br)c3)c2C(=O)OC)cc1. The maximum absolute atomic E-state index is 12.7. The molecule has 1 amide bonds. The monoisotopic (exact) mass is 487 g/mol. The Morgan fingerprint density at radius 2 is 1.90 bits per heavy atom. The van der Waals surface area contributed by atoms with E-state index in [4.69, 9.17) is 9.47 Å². The van der Waals surface area contributed by atoms with Crippen LogP contribution in [0.25, 0.3) is 11.1 Å². The van der Waals surface area contributed by atoms with Gasteiger partial charge in [0.25, 0.3) is 5.91 Å². The smallest absolute Gasteiger partial charge is 0.341 e. The van der Waals surface area contributed by atoms with Gasteiger partial charge in [0.2, 0.25) is 0 Å². The first-order valence-electron chi connectivity index (χ1n) is 9.45. The summed E-state index contributed by atoms with van der Waals surface area (Å²) in [6.45, 7) is 3.75. The molecule has 0 aliphatic rings. The predicted molar refractivity (Wildman–Crippen MR) is 123 cm³/mol. The summed E-state index contributed by atoms with van der Waals surface area (Å²) in [6, 6.07) is 15.3. The number of hydrogen-bond acceptors (Lipinski definition) is 5. The Balaban J connectivity index is 1.83. The lowest BCUT2D eigenvalue weighted by molar-refractivity contribution is -0.122. The molecule has 0 radical (unpaired) electrons. The van der Waals surface area contributed by atoms with Gasteiger partial charge < -0.3 is 14.8 Å². The van der Waals surface area contributed by atoms with Crippen LogP contribution in [-0.2, 0) is 16.0 Å². The molecular formula is C23H22BrNO4S. The zero-order valence-electron chi connectivity index (χ0n) is 16.9. The molecule has 0 bridgehead atoms. The number of rotatable bonds is 7. The van der Waals surface area contributed by atoms with E-state index in [0.29, 0.717) is 16.3 Å². The van der Waals surface area contributed by atoms with Crippen molar-refractivity contribution < 1.29 is 19.1 Å². The molecule has 0 fully saturated rings. The fourth-order valence-corrected chi connectivity index (χ4v) is 4.24. The first-order valence-corrected chi connectivity index (χ1v) is 11.1. The second kappa shape index (κ2) is 9.91. The van der Waals surface area contributed by atoms with E-state index in [2.05, 4.69) is 28.2 Å². The number of aryl methyl sites for hydroxylation is 1. The predicted octanol–water partition coefficient (Wildman–Crippen LogP) is 5.93. The summed E-state index contributed by atoms with van der Waals surface area (Å²) in [5.74, 6) is -0.278. The second-order valence-electron chi connectivity index (χ2n) is 6.60. The molecule has 5 nitrogen and oxygen atoms in total. The Kier molecular flexibility index (Phi) is 7.29. The van der Waals surface area contributed by atoms with Crippen LogP contribution in [0.4, 0.5) is 5.00 Å². The molecule has 2 aromatic carbocycles. The highest BCUT2D eigenvalue weighted by Crippen LogP contribution is 2.36. The number of hydrogen-bond donors (Lipinski definition) is 1. The molecule has 156 valence electrons. The van der Waals surface area contributed by atoms with Gasteiger partial charge in [-0.15, -0.1) is 11.3 Å². The van der Waals surface area contributed by atoms with E-state index in [1.165, 1.54) is 24.0 Å². The van der Waals surface area contributed by atoms with Crippen LogP contribution in [0.15, 0.2) is 58.4 Å². The van der Waals surface area contributed by atoms with E-state index >= 15 is 0 Å². The van der Waals surface area contributed by atoms with E-state index in [0.717, 1.165) is 22.0 Å². The molecule has 1 N–H and O–H groups in total. The first-order chi connectivity index (χ1) is 14.4.